The summed E-state index contributed by atoms with van der Waals surface area (Å²) in [7, 11) is 0. The fourth-order valence-electron chi connectivity index (χ4n) is 1.41. The van der Waals surface area contributed by atoms with Crippen molar-refractivity contribution < 1.29 is 0 Å². The lowest BCUT2D eigenvalue weighted by Gasteiger charge is -2.08. The topological polar surface area (TPSA) is 80.7 Å². The van der Waals surface area contributed by atoms with E-state index in [1.165, 1.54) is 0 Å². The lowest BCUT2D eigenvalue weighted by Crippen LogP contribution is -2.21. The molecule has 4 nitrogen and oxygen atoms in total. The highest BCUT2D eigenvalue weighted by molar-refractivity contribution is 5.81. The summed E-state index contributed by atoms with van der Waals surface area (Å²) in [6.45, 7) is 0.414. The molecule has 0 aliphatic heterocycles. The predicted molar refractivity (Wildman–Crippen MR) is 52.1 cm³/mol. The second-order valence-corrected chi connectivity index (χ2v) is 2.98. The number of pyridine rings is 1. The van der Waals surface area contributed by atoms with Gasteiger partial charge >= 0.3 is 0 Å². The van der Waals surface area contributed by atoms with Crippen molar-refractivity contribution in [3.8, 4) is 0 Å². The monoisotopic (exact) mass is 176 g/mol. The molecule has 1 unspecified atom stereocenters. The largest absolute Gasteiger partial charge is 0.361 e. The third-order valence-corrected chi connectivity index (χ3v) is 2.11. The maximum absolute atomic E-state index is 5.82. The second-order valence-electron chi connectivity index (χ2n) is 2.98. The normalized spacial score (nSPS) is 13.4. The Labute approximate surface area is 76.0 Å². The number of hydrogen-bond donors (Lipinski definition) is 3. The van der Waals surface area contributed by atoms with Crippen LogP contribution >= 0.6 is 0 Å². The van der Waals surface area contributed by atoms with E-state index in [0.29, 0.717) is 6.54 Å². The Bertz CT molecular complexity index is 407. The number of rotatable bonds is 2. The van der Waals surface area contributed by atoms with E-state index in [2.05, 4.69) is 9.97 Å². The molecule has 0 fully saturated rings. The molecule has 0 amide bonds. The van der Waals surface area contributed by atoms with Crippen molar-refractivity contribution in [2.75, 3.05) is 6.54 Å². The molecule has 2 aromatic rings. The lowest BCUT2D eigenvalue weighted by molar-refractivity contribution is 0.719. The van der Waals surface area contributed by atoms with E-state index in [1.807, 2.05) is 18.3 Å². The van der Waals surface area contributed by atoms with Gasteiger partial charge in [-0.15, -0.1) is 0 Å². The number of aromatic amines is 1. The van der Waals surface area contributed by atoms with Crippen LogP contribution < -0.4 is 11.5 Å². The van der Waals surface area contributed by atoms with Crippen LogP contribution in [0.5, 0.6) is 0 Å². The zero-order valence-electron chi connectivity index (χ0n) is 7.20. The summed E-state index contributed by atoms with van der Waals surface area (Å²) in [4.78, 5) is 7.33. The summed E-state index contributed by atoms with van der Waals surface area (Å²) >= 11 is 0. The smallest absolute Gasteiger partial charge is 0.0677 e. The van der Waals surface area contributed by atoms with Crippen molar-refractivity contribution in [2.24, 2.45) is 11.5 Å². The van der Waals surface area contributed by atoms with Crippen molar-refractivity contribution >= 4 is 10.9 Å². The van der Waals surface area contributed by atoms with E-state index in [-0.39, 0.29) is 6.04 Å². The number of nitrogens with one attached hydrogen (secondary N) is 1. The van der Waals surface area contributed by atoms with Crippen molar-refractivity contribution in [1.82, 2.24) is 9.97 Å². The van der Waals surface area contributed by atoms with Crippen LogP contribution in [-0.2, 0) is 0 Å². The van der Waals surface area contributed by atoms with Gasteiger partial charge in [0.1, 0.15) is 0 Å². The summed E-state index contributed by atoms with van der Waals surface area (Å²) in [5.74, 6) is 0. The van der Waals surface area contributed by atoms with Gasteiger partial charge < -0.3 is 16.5 Å². The molecular weight excluding hydrogens is 164 g/mol. The quantitative estimate of drug-likeness (QED) is 0.624. The molecule has 1 atom stereocenters. The molecule has 0 aromatic carbocycles. The summed E-state index contributed by atoms with van der Waals surface area (Å²) in [5.41, 5.74) is 13.2. The summed E-state index contributed by atoms with van der Waals surface area (Å²) in [5, 5.41) is 1.06. The van der Waals surface area contributed by atoms with Gasteiger partial charge in [-0.05, 0) is 12.1 Å². The van der Waals surface area contributed by atoms with Crippen LogP contribution in [0.3, 0.4) is 0 Å². The SMILES string of the molecule is NCC(N)c1nccc2[nH]ccc12. The molecule has 13 heavy (non-hydrogen) atoms. The highest BCUT2D eigenvalue weighted by Crippen LogP contribution is 2.18. The molecule has 0 aliphatic rings. The number of hydrogen-bond acceptors (Lipinski definition) is 3. The highest BCUT2D eigenvalue weighted by Gasteiger charge is 2.09. The molecule has 68 valence electrons. The first-order valence-electron chi connectivity index (χ1n) is 4.20. The van der Waals surface area contributed by atoms with Crippen molar-refractivity contribution in [1.29, 1.82) is 0 Å². The molecule has 2 aromatic heterocycles. The van der Waals surface area contributed by atoms with Gasteiger partial charge in [0.15, 0.2) is 0 Å². The second kappa shape index (κ2) is 3.16. The Morgan fingerprint density at radius 1 is 1.46 bits per heavy atom. The van der Waals surface area contributed by atoms with Crippen LogP contribution in [0.4, 0.5) is 0 Å². The van der Waals surface area contributed by atoms with Gasteiger partial charge in [-0.3, -0.25) is 4.98 Å². The Balaban J connectivity index is 2.60. The van der Waals surface area contributed by atoms with Gasteiger partial charge in [-0.25, -0.2) is 0 Å². The van der Waals surface area contributed by atoms with Crippen LogP contribution in [0, 0.1) is 0 Å². The van der Waals surface area contributed by atoms with Crippen LogP contribution in [0.15, 0.2) is 24.5 Å². The predicted octanol–water partition coefficient (Wildman–Crippen LogP) is 0.521. The average Bonchev–Trinajstić information content (AvgIpc) is 2.63. The highest BCUT2D eigenvalue weighted by atomic mass is 14.8. The van der Waals surface area contributed by atoms with E-state index in [4.69, 9.17) is 11.5 Å². The first-order valence-corrected chi connectivity index (χ1v) is 4.20. The third-order valence-electron chi connectivity index (χ3n) is 2.11. The number of aromatic nitrogens is 2. The van der Waals surface area contributed by atoms with Crippen molar-refractivity contribution in [3.63, 3.8) is 0 Å². The first kappa shape index (κ1) is 8.22. The van der Waals surface area contributed by atoms with Gasteiger partial charge in [-0.2, -0.15) is 0 Å². The summed E-state index contributed by atoms with van der Waals surface area (Å²) in [6, 6.07) is 3.70. The fraction of sp³-hybridized carbons (Fsp3) is 0.222. The van der Waals surface area contributed by atoms with Crippen LogP contribution in [0.1, 0.15) is 11.7 Å². The molecule has 0 bridgehead atoms. The van der Waals surface area contributed by atoms with Gasteiger partial charge in [0, 0.05) is 29.8 Å². The van der Waals surface area contributed by atoms with E-state index in [9.17, 15) is 0 Å². The molecule has 0 spiro atoms. The van der Waals surface area contributed by atoms with Crippen LogP contribution in [-0.4, -0.2) is 16.5 Å². The van der Waals surface area contributed by atoms with Gasteiger partial charge in [0.2, 0.25) is 0 Å². The summed E-state index contributed by atoms with van der Waals surface area (Å²) in [6.07, 6.45) is 3.61. The van der Waals surface area contributed by atoms with Crippen molar-refractivity contribution in [3.05, 3.63) is 30.2 Å². The molecule has 0 aliphatic carbocycles. The van der Waals surface area contributed by atoms with Crippen LogP contribution in [0.2, 0.25) is 0 Å². The van der Waals surface area contributed by atoms with Crippen LogP contribution in [0.25, 0.3) is 10.9 Å². The third kappa shape index (κ3) is 1.30. The molecule has 2 rings (SSSR count). The van der Waals surface area contributed by atoms with E-state index >= 15 is 0 Å². The molecule has 5 N–H and O–H groups in total. The molecule has 0 saturated heterocycles. The Morgan fingerprint density at radius 3 is 3.08 bits per heavy atom. The molecule has 2 heterocycles. The van der Waals surface area contributed by atoms with Gasteiger partial charge in [0.25, 0.3) is 0 Å². The fourth-order valence-corrected chi connectivity index (χ4v) is 1.41. The molecule has 0 radical (unpaired) electrons. The van der Waals surface area contributed by atoms with E-state index in [1.54, 1.807) is 6.20 Å². The maximum atomic E-state index is 5.82. The number of nitrogens with zero attached hydrogens (tertiary/aromatic N) is 1. The summed E-state index contributed by atoms with van der Waals surface area (Å²) < 4.78 is 0. The minimum atomic E-state index is -0.181. The van der Waals surface area contributed by atoms with Gasteiger partial charge in [-0.1, -0.05) is 0 Å². The van der Waals surface area contributed by atoms with E-state index < -0.39 is 0 Å². The number of H-pyrrole nitrogens is 1. The minimum Gasteiger partial charge on any atom is -0.361 e. The molecule has 0 saturated carbocycles. The number of nitrogens with two attached hydrogens (primary N) is 2. The zero-order valence-corrected chi connectivity index (χ0v) is 7.20. The maximum Gasteiger partial charge on any atom is 0.0677 e. The zero-order chi connectivity index (χ0) is 9.26. The van der Waals surface area contributed by atoms with Gasteiger partial charge in [0.05, 0.1) is 11.7 Å². The first-order chi connectivity index (χ1) is 6.33. The Morgan fingerprint density at radius 2 is 2.31 bits per heavy atom. The lowest BCUT2D eigenvalue weighted by atomic mass is 10.1. The number of fused-ring (bicyclic) bond motifs is 1. The standard InChI is InChI=1S/C9H12N4/c10-5-7(11)9-6-1-3-12-8(6)2-4-13-9/h1-4,7,12H,5,10-11H2. The average molecular weight is 176 g/mol. The Hall–Kier alpha value is -1.39. The molecule has 4 heteroatoms. The minimum absolute atomic E-state index is 0.181. The molecular formula is C9H12N4. The van der Waals surface area contributed by atoms with Crippen molar-refractivity contribution in [2.45, 2.75) is 6.04 Å². The van der Waals surface area contributed by atoms with E-state index in [0.717, 1.165) is 16.6 Å². The Kier molecular flexibility index (Phi) is 2.00.